The maximum Gasteiger partial charge on any atom is 0.231 e. The average molecular weight is 293 g/mol. The third-order valence-electron chi connectivity index (χ3n) is 3.13. The predicted molar refractivity (Wildman–Crippen MR) is 75.0 cm³/mol. The molecule has 0 saturated heterocycles. The molecule has 2 aromatic rings. The molecule has 2 unspecified atom stereocenters. The molecule has 3 rings (SSSR count). The Morgan fingerprint density at radius 3 is 2.37 bits per heavy atom. The molecule has 0 N–H and O–H groups in total. The van der Waals surface area contributed by atoms with E-state index in [4.69, 9.17) is 27.9 Å². The smallest absolute Gasteiger partial charge is 0.231 e. The first-order valence-electron chi connectivity index (χ1n) is 5.83. The van der Waals surface area contributed by atoms with E-state index in [9.17, 15) is 4.79 Å². The summed E-state index contributed by atoms with van der Waals surface area (Å²) in [6, 6.07) is 16.1. The van der Waals surface area contributed by atoms with E-state index >= 15 is 0 Å². The molecule has 4 heteroatoms. The number of halogens is 2. The first kappa shape index (κ1) is 12.5. The summed E-state index contributed by atoms with van der Waals surface area (Å²) < 4.78 is 5.80. The van der Waals surface area contributed by atoms with E-state index in [2.05, 4.69) is 0 Å². The molecule has 19 heavy (non-hydrogen) atoms. The Bertz CT molecular complexity index is 627. The summed E-state index contributed by atoms with van der Waals surface area (Å²) in [7, 11) is 0. The van der Waals surface area contributed by atoms with Crippen LogP contribution in [0.5, 0.6) is 5.75 Å². The molecule has 0 saturated carbocycles. The number of rotatable bonds is 1. The van der Waals surface area contributed by atoms with Gasteiger partial charge in [-0.3, -0.25) is 4.79 Å². The average Bonchev–Trinajstić information content (AvgIpc) is 2.46. The maximum atomic E-state index is 12.3. The molecule has 2 aromatic carbocycles. The highest BCUT2D eigenvalue weighted by molar-refractivity contribution is 6.41. The second-order valence-electron chi connectivity index (χ2n) is 4.34. The molecule has 2 nitrogen and oxygen atoms in total. The van der Waals surface area contributed by atoms with Crippen LogP contribution in [0.4, 0.5) is 0 Å². The molecule has 0 aromatic heterocycles. The quantitative estimate of drug-likeness (QED) is 0.744. The van der Waals surface area contributed by atoms with Crippen molar-refractivity contribution in [3.63, 3.8) is 0 Å². The number of benzene rings is 2. The number of fused-ring (bicyclic) bond motifs is 1. The van der Waals surface area contributed by atoms with E-state index < -0.39 is 10.4 Å². The van der Waals surface area contributed by atoms with Crippen LogP contribution in [-0.4, -0.2) is 11.2 Å². The zero-order chi connectivity index (χ0) is 13.5. The van der Waals surface area contributed by atoms with Gasteiger partial charge in [0.15, 0.2) is 11.2 Å². The summed E-state index contributed by atoms with van der Waals surface area (Å²) in [6.07, 6.45) is 0. The molecule has 96 valence electrons. The normalized spacial score (nSPS) is 25.6. The molecule has 0 fully saturated rings. The number of hydrogen-bond acceptors (Lipinski definition) is 2. The van der Waals surface area contributed by atoms with Crippen LogP contribution in [-0.2, 0) is 5.06 Å². The first-order valence-corrected chi connectivity index (χ1v) is 6.65. The second-order valence-corrected chi connectivity index (χ2v) is 5.33. The fourth-order valence-electron chi connectivity index (χ4n) is 2.15. The minimum absolute atomic E-state index is 0.220. The summed E-state index contributed by atoms with van der Waals surface area (Å²) in [6.45, 7) is 0. The van der Waals surface area contributed by atoms with Crippen molar-refractivity contribution < 1.29 is 9.53 Å². The Hall–Kier alpha value is -1.51. The summed E-state index contributed by atoms with van der Waals surface area (Å²) in [5.74, 6) is 0.241. The summed E-state index contributed by atoms with van der Waals surface area (Å²) >= 11 is 12.7. The van der Waals surface area contributed by atoms with Gasteiger partial charge in [-0.25, -0.2) is 0 Å². The minimum atomic E-state index is -1.37. The van der Waals surface area contributed by atoms with E-state index in [0.29, 0.717) is 16.9 Å². The number of para-hydroxylation sites is 1. The summed E-state index contributed by atoms with van der Waals surface area (Å²) in [4.78, 5) is 12.3. The van der Waals surface area contributed by atoms with Crippen molar-refractivity contribution in [1.82, 2.24) is 0 Å². The van der Waals surface area contributed by atoms with Gasteiger partial charge in [-0.05, 0) is 12.1 Å². The van der Waals surface area contributed by atoms with Gasteiger partial charge < -0.3 is 4.74 Å². The van der Waals surface area contributed by atoms with E-state index in [-0.39, 0.29) is 5.78 Å². The lowest BCUT2D eigenvalue weighted by Crippen LogP contribution is -2.45. The number of hydrogen-bond donors (Lipinski definition) is 0. The Labute approximate surface area is 120 Å². The van der Waals surface area contributed by atoms with Gasteiger partial charge in [0.05, 0.1) is 5.56 Å². The fraction of sp³-hybridized carbons (Fsp3) is 0.133. The van der Waals surface area contributed by atoms with Gasteiger partial charge in [0.1, 0.15) is 5.75 Å². The number of alkyl halides is 2. The number of ether oxygens (including phenoxy) is 1. The Kier molecular flexibility index (Phi) is 3.00. The predicted octanol–water partition coefficient (Wildman–Crippen LogP) is 3.96. The molecule has 1 aliphatic rings. The van der Waals surface area contributed by atoms with E-state index in [1.807, 2.05) is 18.2 Å². The van der Waals surface area contributed by atoms with Crippen molar-refractivity contribution in [2.75, 3.05) is 0 Å². The highest BCUT2D eigenvalue weighted by Crippen LogP contribution is 2.44. The molecule has 0 bridgehead atoms. The number of Topliss-reactive ketones (excluding diaryl/α,β-unsaturated/α-hetero) is 1. The van der Waals surface area contributed by atoms with Crippen LogP contribution in [0.15, 0.2) is 54.6 Å². The molecule has 0 spiro atoms. The molecule has 1 heterocycles. The Morgan fingerprint density at radius 1 is 1.00 bits per heavy atom. The monoisotopic (exact) mass is 292 g/mol. The van der Waals surface area contributed by atoms with Gasteiger partial charge in [-0.2, -0.15) is 0 Å². The molecular formula is C15H10Cl2O2. The Balaban J connectivity index is 2.13. The first-order chi connectivity index (χ1) is 9.13. The van der Waals surface area contributed by atoms with Gasteiger partial charge in [0.25, 0.3) is 0 Å². The minimum Gasteiger partial charge on any atom is -0.465 e. The molecule has 2 atom stereocenters. The molecule has 0 radical (unpaired) electrons. The zero-order valence-electron chi connectivity index (χ0n) is 9.85. The van der Waals surface area contributed by atoms with Crippen molar-refractivity contribution in [1.29, 1.82) is 0 Å². The molecule has 1 aliphatic heterocycles. The lowest BCUT2D eigenvalue weighted by Gasteiger charge is -2.36. The molecule has 0 amide bonds. The Morgan fingerprint density at radius 2 is 1.63 bits per heavy atom. The standard InChI is InChI=1S/C15H10Cl2O2/c16-14-13(18)11-8-4-5-9-12(11)19-15(14,17)10-6-2-1-3-7-10/h1-9,14H. The second kappa shape index (κ2) is 4.55. The number of ketones is 1. The van der Waals surface area contributed by atoms with Gasteiger partial charge in [-0.15, -0.1) is 11.6 Å². The van der Waals surface area contributed by atoms with E-state index in [1.54, 1.807) is 36.4 Å². The van der Waals surface area contributed by atoms with Crippen LogP contribution in [0.2, 0.25) is 0 Å². The topological polar surface area (TPSA) is 26.3 Å². The third kappa shape index (κ3) is 1.92. The highest BCUT2D eigenvalue weighted by Gasteiger charge is 2.49. The number of carbonyl (C=O) groups excluding carboxylic acids is 1. The van der Waals surface area contributed by atoms with Gasteiger partial charge in [0.2, 0.25) is 5.06 Å². The third-order valence-corrected chi connectivity index (χ3v) is 4.27. The van der Waals surface area contributed by atoms with Crippen molar-refractivity contribution in [3.8, 4) is 5.75 Å². The van der Waals surface area contributed by atoms with Crippen LogP contribution in [0, 0.1) is 0 Å². The van der Waals surface area contributed by atoms with E-state index in [0.717, 1.165) is 0 Å². The highest BCUT2D eigenvalue weighted by atomic mass is 35.5. The van der Waals surface area contributed by atoms with Crippen LogP contribution in [0.1, 0.15) is 15.9 Å². The lowest BCUT2D eigenvalue weighted by atomic mass is 9.95. The van der Waals surface area contributed by atoms with Crippen LogP contribution in [0.25, 0.3) is 0 Å². The van der Waals surface area contributed by atoms with Crippen molar-refractivity contribution in [2.24, 2.45) is 0 Å². The lowest BCUT2D eigenvalue weighted by molar-refractivity contribution is 0.0783. The van der Waals surface area contributed by atoms with Crippen LogP contribution >= 0.6 is 23.2 Å². The molecular weight excluding hydrogens is 283 g/mol. The van der Waals surface area contributed by atoms with Crippen LogP contribution in [0.3, 0.4) is 0 Å². The van der Waals surface area contributed by atoms with Crippen molar-refractivity contribution in [3.05, 3.63) is 65.7 Å². The summed E-state index contributed by atoms with van der Waals surface area (Å²) in [5, 5.41) is -2.33. The van der Waals surface area contributed by atoms with Gasteiger partial charge in [0, 0.05) is 5.56 Å². The fourth-order valence-corrected chi connectivity index (χ4v) is 2.74. The maximum absolute atomic E-state index is 12.3. The van der Waals surface area contributed by atoms with Gasteiger partial charge in [-0.1, -0.05) is 54.1 Å². The zero-order valence-corrected chi connectivity index (χ0v) is 11.4. The largest absolute Gasteiger partial charge is 0.465 e. The van der Waals surface area contributed by atoms with E-state index in [1.165, 1.54) is 0 Å². The SMILES string of the molecule is O=C1c2ccccc2OC(Cl)(c2ccccc2)C1Cl. The van der Waals surface area contributed by atoms with Gasteiger partial charge >= 0.3 is 0 Å². The summed E-state index contributed by atoms with van der Waals surface area (Å²) in [5.41, 5.74) is 1.13. The number of carbonyl (C=O) groups is 1. The molecule has 0 aliphatic carbocycles. The van der Waals surface area contributed by atoms with Crippen molar-refractivity contribution >= 4 is 29.0 Å². The van der Waals surface area contributed by atoms with Crippen LogP contribution < -0.4 is 4.74 Å². The van der Waals surface area contributed by atoms with Crippen molar-refractivity contribution in [2.45, 2.75) is 10.4 Å².